The van der Waals surface area contributed by atoms with Gasteiger partial charge in [0, 0.05) is 30.1 Å². The summed E-state index contributed by atoms with van der Waals surface area (Å²) in [4.78, 5) is 23.3. The van der Waals surface area contributed by atoms with Gasteiger partial charge in [-0.25, -0.2) is 0 Å². The molecule has 0 bridgehead atoms. The fourth-order valence-corrected chi connectivity index (χ4v) is 2.39. The van der Waals surface area contributed by atoms with Crippen molar-refractivity contribution in [2.75, 3.05) is 22.7 Å². The first-order chi connectivity index (χ1) is 12.0. The van der Waals surface area contributed by atoms with Crippen molar-refractivity contribution in [1.29, 1.82) is 0 Å². The summed E-state index contributed by atoms with van der Waals surface area (Å²) >= 11 is 0. The van der Waals surface area contributed by atoms with Gasteiger partial charge in [0.05, 0.1) is 0 Å². The van der Waals surface area contributed by atoms with Gasteiger partial charge in [-0.1, -0.05) is 0 Å². The summed E-state index contributed by atoms with van der Waals surface area (Å²) < 4.78 is 10.5. The molecule has 0 unspecified atom stereocenters. The Labute approximate surface area is 145 Å². The SMILES string of the molecule is CC(=O)Nc1ccc(N[C@@H](C)C(=O)Nc2ccc3c(c2)OCO3)cc1. The van der Waals surface area contributed by atoms with E-state index in [1.54, 1.807) is 49.4 Å². The van der Waals surface area contributed by atoms with Crippen molar-refractivity contribution in [3.8, 4) is 11.5 Å². The smallest absolute Gasteiger partial charge is 0.246 e. The number of amides is 2. The molecule has 7 nitrogen and oxygen atoms in total. The van der Waals surface area contributed by atoms with E-state index >= 15 is 0 Å². The Morgan fingerprint density at radius 1 is 0.920 bits per heavy atom. The standard InChI is InChI=1S/C18H19N3O4/c1-11(19-13-3-5-14(6-4-13)20-12(2)22)18(23)21-15-7-8-16-17(9-15)25-10-24-16/h3-9,11,19H,10H2,1-2H3,(H,20,22)(H,21,23)/t11-/m0/s1. The van der Waals surface area contributed by atoms with Gasteiger partial charge in [0.25, 0.3) is 0 Å². The second kappa shape index (κ2) is 7.12. The monoisotopic (exact) mass is 341 g/mol. The molecule has 3 rings (SSSR count). The molecular formula is C18H19N3O4. The van der Waals surface area contributed by atoms with Crippen molar-refractivity contribution in [2.45, 2.75) is 19.9 Å². The molecule has 0 aliphatic carbocycles. The highest BCUT2D eigenvalue weighted by Crippen LogP contribution is 2.34. The van der Waals surface area contributed by atoms with E-state index in [1.165, 1.54) is 6.92 Å². The quantitative estimate of drug-likeness (QED) is 0.778. The third kappa shape index (κ3) is 4.20. The van der Waals surface area contributed by atoms with Gasteiger partial charge < -0.3 is 25.4 Å². The number of fused-ring (bicyclic) bond motifs is 1. The van der Waals surface area contributed by atoms with E-state index in [0.29, 0.717) is 22.9 Å². The second-order valence-electron chi connectivity index (χ2n) is 5.68. The number of nitrogens with one attached hydrogen (secondary N) is 3. The van der Waals surface area contributed by atoms with Crippen molar-refractivity contribution in [2.24, 2.45) is 0 Å². The molecular weight excluding hydrogens is 322 g/mol. The zero-order valence-corrected chi connectivity index (χ0v) is 14.0. The zero-order chi connectivity index (χ0) is 17.8. The Hall–Kier alpha value is -3.22. The molecule has 0 spiro atoms. The highest BCUT2D eigenvalue weighted by molar-refractivity contribution is 5.96. The number of hydrogen-bond acceptors (Lipinski definition) is 5. The van der Waals surface area contributed by atoms with Gasteiger partial charge >= 0.3 is 0 Å². The number of rotatable bonds is 5. The molecule has 7 heteroatoms. The van der Waals surface area contributed by atoms with E-state index in [9.17, 15) is 9.59 Å². The second-order valence-corrected chi connectivity index (χ2v) is 5.68. The van der Waals surface area contributed by atoms with Crippen LogP contribution < -0.4 is 25.4 Å². The fourth-order valence-electron chi connectivity index (χ4n) is 2.39. The summed E-state index contributed by atoms with van der Waals surface area (Å²) in [6.45, 7) is 3.41. The molecule has 0 saturated heterocycles. The third-order valence-electron chi connectivity index (χ3n) is 3.62. The first kappa shape index (κ1) is 16.6. The maximum atomic E-state index is 12.3. The van der Waals surface area contributed by atoms with Crippen LogP contribution in [0.4, 0.5) is 17.1 Å². The van der Waals surface area contributed by atoms with Crippen molar-refractivity contribution in [1.82, 2.24) is 0 Å². The molecule has 1 heterocycles. The molecule has 0 aromatic heterocycles. The molecule has 130 valence electrons. The molecule has 2 amide bonds. The fraction of sp³-hybridized carbons (Fsp3) is 0.222. The summed E-state index contributed by atoms with van der Waals surface area (Å²) in [5.74, 6) is 0.984. The number of anilines is 3. The number of hydrogen-bond donors (Lipinski definition) is 3. The van der Waals surface area contributed by atoms with Gasteiger partial charge in [-0.15, -0.1) is 0 Å². The highest BCUT2D eigenvalue weighted by atomic mass is 16.7. The zero-order valence-electron chi connectivity index (χ0n) is 14.0. The number of ether oxygens (including phenoxy) is 2. The van der Waals surface area contributed by atoms with Gasteiger partial charge in [-0.3, -0.25) is 9.59 Å². The molecule has 0 fully saturated rings. The molecule has 1 aliphatic rings. The first-order valence-corrected chi connectivity index (χ1v) is 7.86. The minimum Gasteiger partial charge on any atom is -0.454 e. The van der Waals surface area contributed by atoms with Crippen molar-refractivity contribution in [3.05, 3.63) is 42.5 Å². The number of carbonyl (C=O) groups is 2. The summed E-state index contributed by atoms with van der Waals surface area (Å²) in [7, 11) is 0. The van der Waals surface area contributed by atoms with Gasteiger partial charge in [-0.05, 0) is 43.3 Å². The molecule has 25 heavy (non-hydrogen) atoms. The summed E-state index contributed by atoms with van der Waals surface area (Å²) in [5, 5.41) is 8.64. The minimum absolute atomic E-state index is 0.128. The lowest BCUT2D eigenvalue weighted by molar-refractivity contribution is -0.116. The Morgan fingerprint density at radius 2 is 1.56 bits per heavy atom. The summed E-state index contributed by atoms with van der Waals surface area (Å²) in [5.41, 5.74) is 2.13. The largest absolute Gasteiger partial charge is 0.454 e. The lowest BCUT2D eigenvalue weighted by atomic mass is 10.2. The van der Waals surface area contributed by atoms with Crippen LogP contribution in [-0.4, -0.2) is 24.6 Å². The Kier molecular flexibility index (Phi) is 4.74. The lowest BCUT2D eigenvalue weighted by Gasteiger charge is -2.16. The maximum absolute atomic E-state index is 12.3. The van der Waals surface area contributed by atoms with Crippen LogP contribution >= 0.6 is 0 Å². The third-order valence-corrected chi connectivity index (χ3v) is 3.62. The Morgan fingerprint density at radius 3 is 2.28 bits per heavy atom. The minimum atomic E-state index is -0.447. The van der Waals surface area contributed by atoms with E-state index in [0.717, 1.165) is 5.69 Å². The maximum Gasteiger partial charge on any atom is 0.246 e. The van der Waals surface area contributed by atoms with Gasteiger partial charge in [0.1, 0.15) is 6.04 Å². The van der Waals surface area contributed by atoms with E-state index in [2.05, 4.69) is 16.0 Å². The molecule has 1 atom stereocenters. The summed E-state index contributed by atoms with van der Waals surface area (Å²) in [6, 6.07) is 12.0. The average molecular weight is 341 g/mol. The number of carbonyl (C=O) groups excluding carboxylic acids is 2. The molecule has 3 N–H and O–H groups in total. The molecule has 0 radical (unpaired) electrons. The van der Waals surface area contributed by atoms with Crippen LogP contribution in [0.3, 0.4) is 0 Å². The van der Waals surface area contributed by atoms with Crippen LogP contribution in [-0.2, 0) is 9.59 Å². The van der Waals surface area contributed by atoms with Crippen LogP contribution in [0.25, 0.3) is 0 Å². The summed E-state index contributed by atoms with van der Waals surface area (Å²) in [6.07, 6.45) is 0. The topological polar surface area (TPSA) is 88.7 Å². The van der Waals surface area contributed by atoms with E-state index in [1.807, 2.05) is 0 Å². The lowest BCUT2D eigenvalue weighted by Crippen LogP contribution is -2.31. The van der Waals surface area contributed by atoms with Crippen molar-refractivity contribution in [3.63, 3.8) is 0 Å². The van der Waals surface area contributed by atoms with Gasteiger partial charge in [-0.2, -0.15) is 0 Å². The Bertz CT molecular complexity index is 789. The average Bonchev–Trinajstić information content (AvgIpc) is 3.03. The molecule has 2 aromatic carbocycles. The van der Waals surface area contributed by atoms with Crippen molar-refractivity contribution >= 4 is 28.9 Å². The van der Waals surface area contributed by atoms with Crippen LogP contribution in [0.1, 0.15) is 13.8 Å². The molecule has 1 aliphatic heterocycles. The predicted octanol–water partition coefficient (Wildman–Crippen LogP) is 2.81. The van der Waals surface area contributed by atoms with E-state index < -0.39 is 6.04 Å². The Balaban J connectivity index is 1.58. The normalized spacial score (nSPS) is 13.0. The van der Waals surface area contributed by atoms with Gasteiger partial charge in [0.2, 0.25) is 18.6 Å². The van der Waals surface area contributed by atoms with Crippen LogP contribution in [0.2, 0.25) is 0 Å². The first-order valence-electron chi connectivity index (χ1n) is 7.86. The molecule has 2 aromatic rings. The van der Waals surface area contributed by atoms with E-state index in [-0.39, 0.29) is 18.6 Å². The molecule has 0 saturated carbocycles. The van der Waals surface area contributed by atoms with Crippen LogP contribution in [0.15, 0.2) is 42.5 Å². The van der Waals surface area contributed by atoms with Gasteiger partial charge in [0.15, 0.2) is 11.5 Å². The van der Waals surface area contributed by atoms with Crippen LogP contribution in [0.5, 0.6) is 11.5 Å². The highest BCUT2D eigenvalue weighted by Gasteiger charge is 2.16. The van der Waals surface area contributed by atoms with E-state index in [4.69, 9.17) is 9.47 Å². The predicted molar refractivity (Wildman–Crippen MR) is 95.0 cm³/mol. The van der Waals surface area contributed by atoms with Crippen molar-refractivity contribution < 1.29 is 19.1 Å². The number of benzene rings is 2. The van der Waals surface area contributed by atoms with Crippen LogP contribution in [0, 0.1) is 0 Å².